The molecule has 2 aliphatic carbocycles. The van der Waals surface area contributed by atoms with Crippen molar-refractivity contribution in [3.05, 3.63) is 23.6 Å². The summed E-state index contributed by atoms with van der Waals surface area (Å²) in [6.07, 6.45) is 0.431. The Kier molecular flexibility index (Phi) is 3.20. The van der Waals surface area contributed by atoms with E-state index in [4.69, 9.17) is 20.8 Å². The second-order valence-electron chi connectivity index (χ2n) is 6.00. The van der Waals surface area contributed by atoms with Crippen LogP contribution in [0.1, 0.15) is 19.8 Å². The molecule has 5 unspecified atom stereocenters. The number of ether oxygens (including phenoxy) is 3. The fourth-order valence-corrected chi connectivity index (χ4v) is 3.73. The van der Waals surface area contributed by atoms with Crippen LogP contribution in [0, 0.1) is 24.3 Å². The van der Waals surface area contributed by atoms with Crippen LogP contribution in [0.2, 0.25) is 0 Å². The summed E-state index contributed by atoms with van der Waals surface area (Å²) in [5.74, 6) is -2.34. The molecule has 2 saturated carbocycles. The molecule has 0 spiro atoms. The molecule has 1 aliphatic heterocycles. The Morgan fingerprint density at radius 3 is 2.86 bits per heavy atom. The topological polar surface area (TPSA) is 83.3 Å². The summed E-state index contributed by atoms with van der Waals surface area (Å²) < 4.78 is 15.3. The molecule has 7 nitrogen and oxygen atoms in total. The van der Waals surface area contributed by atoms with Crippen LogP contribution in [0.15, 0.2) is 12.2 Å². The van der Waals surface area contributed by atoms with E-state index in [0.29, 0.717) is 12.8 Å². The van der Waals surface area contributed by atoms with E-state index in [-0.39, 0.29) is 29.3 Å². The Bertz CT molecular complexity index is 620. The number of esters is 3. The summed E-state index contributed by atoms with van der Waals surface area (Å²) in [5.41, 5.74) is -1.21. The smallest absolute Gasteiger partial charge is 0.418 e. The molecule has 0 aromatic heterocycles. The van der Waals surface area contributed by atoms with Crippen molar-refractivity contribution in [1.29, 1.82) is 0 Å². The highest BCUT2D eigenvalue weighted by Gasteiger charge is 2.78. The van der Waals surface area contributed by atoms with Crippen LogP contribution in [0.25, 0.3) is 4.85 Å². The van der Waals surface area contributed by atoms with Gasteiger partial charge in [0.1, 0.15) is 0 Å². The van der Waals surface area contributed by atoms with Gasteiger partial charge in [-0.25, -0.2) is 16.2 Å². The molecule has 2 bridgehead atoms. The molecule has 1 saturated heterocycles. The minimum atomic E-state index is -1.39. The molecule has 0 aromatic carbocycles. The molecule has 116 valence electrons. The third-order valence-corrected chi connectivity index (χ3v) is 4.64. The number of carbonyl (C=O) groups excluding carboxylic acids is 3. The molecule has 0 amide bonds. The summed E-state index contributed by atoms with van der Waals surface area (Å²) >= 11 is 0. The summed E-state index contributed by atoms with van der Waals surface area (Å²) in [6.45, 7) is 11.7. The Balaban J connectivity index is 1.67. The van der Waals surface area contributed by atoms with Crippen molar-refractivity contribution in [2.45, 2.75) is 31.6 Å². The minimum absolute atomic E-state index is 0.0589. The zero-order valence-corrected chi connectivity index (χ0v) is 12.0. The zero-order valence-electron chi connectivity index (χ0n) is 12.0. The van der Waals surface area contributed by atoms with Crippen LogP contribution in [0.4, 0.5) is 0 Å². The molecule has 0 N–H and O–H groups in total. The van der Waals surface area contributed by atoms with Crippen molar-refractivity contribution < 1.29 is 28.6 Å². The van der Waals surface area contributed by atoms with Gasteiger partial charge in [-0.15, -0.1) is 0 Å². The number of nitrogens with zero attached hydrogens (tertiary/aromatic N) is 1. The molecular formula is C15H15NO6. The highest BCUT2D eigenvalue weighted by atomic mass is 16.6. The number of hydrogen-bond acceptors (Lipinski definition) is 6. The first-order chi connectivity index (χ1) is 10.4. The third kappa shape index (κ3) is 1.90. The zero-order chi connectivity index (χ0) is 16.1. The van der Waals surface area contributed by atoms with Crippen LogP contribution in [-0.4, -0.2) is 36.3 Å². The molecule has 3 rings (SSSR count). The maximum atomic E-state index is 11.8. The van der Waals surface area contributed by atoms with Gasteiger partial charge in [0.25, 0.3) is 0 Å². The number of carbonyl (C=O) groups is 3. The molecule has 0 aromatic rings. The van der Waals surface area contributed by atoms with Gasteiger partial charge < -0.3 is 14.2 Å². The van der Waals surface area contributed by atoms with E-state index in [0.717, 1.165) is 0 Å². The van der Waals surface area contributed by atoms with Gasteiger partial charge in [-0.3, -0.25) is 9.64 Å². The van der Waals surface area contributed by atoms with Crippen molar-refractivity contribution in [1.82, 2.24) is 0 Å². The molecule has 7 heteroatoms. The van der Waals surface area contributed by atoms with Crippen molar-refractivity contribution >= 4 is 17.9 Å². The first-order valence-electron chi connectivity index (χ1n) is 7.02. The Labute approximate surface area is 127 Å². The van der Waals surface area contributed by atoms with Crippen molar-refractivity contribution in [2.75, 3.05) is 6.61 Å². The quantitative estimate of drug-likeness (QED) is 0.331. The molecular weight excluding hydrogens is 290 g/mol. The summed E-state index contributed by atoms with van der Waals surface area (Å²) in [4.78, 5) is 38.4. The molecule has 3 aliphatic rings. The lowest BCUT2D eigenvalue weighted by Gasteiger charge is -2.27. The van der Waals surface area contributed by atoms with Gasteiger partial charge in [0.2, 0.25) is 6.10 Å². The van der Waals surface area contributed by atoms with Crippen molar-refractivity contribution in [3.8, 4) is 0 Å². The lowest BCUT2D eigenvalue weighted by atomic mass is 9.84. The summed E-state index contributed by atoms with van der Waals surface area (Å²) in [7, 11) is 0. The summed E-state index contributed by atoms with van der Waals surface area (Å²) in [6, 6.07) is 0. The standard InChI is InChI=1S/C15H15NO6/c1-7(2)13(18)20-6-11(17)21-12-8-4-9-10(5-8)15(12,16-3)22-14(9)19/h8-10,12H,1,4-6H2,2H3. The van der Waals surface area contributed by atoms with E-state index in [1.165, 1.54) is 6.92 Å². The number of hydrogen-bond donors (Lipinski definition) is 0. The van der Waals surface area contributed by atoms with E-state index in [1.807, 2.05) is 0 Å². The molecule has 22 heavy (non-hydrogen) atoms. The van der Waals surface area contributed by atoms with Crippen LogP contribution in [-0.2, 0) is 28.6 Å². The third-order valence-electron chi connectivity index (χ3n) is 4.64. The lowest BCUT2D eigenvalue weighted by molar-refractivity contribution is -0.175. The fourth-order valence-electron chi connectivity index (χ4n) is 3.73. The predicted octanol–water partition coefficient (Wildman–Crippen LogP) is 0.846. The highest BCUT2D eigenvalue weighted by molar-refractivity contribution is 5.88. The van der Waals surface area contributed by atoms with Gasteiger partial charge in [0.05, 0.1) is 11.8 Å². The van der Waals surface area contributed by atoms with Crippen LogP contribution >= 0.6 is 0 Å². The fraction of sp³-hybridized carbons (Fsp3) is 0.600. The number of fused-ring (bicyclic) bond motifs is 1. The van der Waals surface area contributed by atoms with Crippen molar-refractivity contribution in [3.63, 3.8) is 0 Å². The van der Waals surface area contributed by atoms with Gasteiger partial charge in [-0.1, -0.05) is 6.58 Å². The normalized spacial score (nSPS) is 37.4. The van der Waals surface area contributed by atoms with Crippen LogP contribution < -0.4 is 0 Å². The Morgan fingerprint density at radius 2 is 2.23 bits per heavy atom. The van der Waals surface area contributed by atoms with E-state index < -0.39 is 30.4 Å². The average molecular weight is 305 g/mol. The van der Waals surface area contributed by atoms with E-state index in [9.17, 15) is 14.4 Å². The van der Waals surface area contributed by atoms with Crippen molar-refractivity contribution in [2.24, 2.45) is 17.8 Å². The van der Waals surface area contributed by atoms with Gasteiger partial charge in [-0.2, -0.15) is 0 Å². The number of rotatable bonds is 4. The Morgan fingerprint density at radius 1 is 1.50 bits per heavy atom. The van der Waals surface area contributed by atoms with E-state index >= 15 is 0 Å². The molecule has 5 atom stereocenters. The van der Waals surface area contributed by atoms with Crippen LogP contribution in [0.3, 0.4) is 0 Å². The van der Waals surface area contributed by atoms with Gasteiger partial charge in [0, 0.05) is 11.5 Å². The monoisotopic (exact) mass is 305 g/mol. The first-order valence-corrected chi connectivity index (χ1v) is 7.02. The van der Waals surface area contributed by atoms with Gasteiger partial charge >= 0.3 is 23.6 Å². The minimum Gasteiger partial charge on any atom is -0.450 e. The highest BCUT2D eigenvalue weighted by Crippen LogP contribution is 2.61. The first kappa shape index (κ1) is 14.6. The predicted molar refractivity (Wildman–Crippen MR) is 70.8 cm³/mol. The second-order valence-corrected chi connectivity index (χ2v) is 6.00. The van der Waals surface area contributed by atoms with Crippen LogP contribution in [0.5, 0.6) is 0 Å². The van der Waals surface area contributed by atoms with E-state index in [2.05, 4.69) is 11.4 Å². The maximum Gasteiger partial charge on any atom is 0.418 e. The van der Waals surface area contributed by atoms with Gasteiger partial charge in [0.15, 0.2) is 6.61 Å². The average Bonchev–Trinajstić information content (AvgIpc) is 3.07. The molecule has 1 heterocycles. The summed E-state index contributed by atoms with van der Waals surface area (Å²) in [5, 5.41) is 0. The molecule has 3 fully saturated rings. The van der Waals surface area contributed by atoms with E-state index in [1.54, 1.807) is 0 Å². The van der Waals surface area contributed by atoms with Gasteiger partial charge in [-0.05, 0) is 19.8 Å². The second kappa shape index (κ2) is 4.83. The molecule has 0 radical (unpaired) electrons. The largest absolute Gasteiger partial charge is 0.450 e. The SMILES string of the molecule is [C-]#[N+]C12OC(=O)C3CC(CC31)C2OC(=O)COC(=O)C(=C)C. The maximum absolute atomic E-state index is 11.8. The Hall–Kier alpha value is -2.36. The lowest BCUT2D eigenvalue weighted by Crippen LogP contribution is -2.46.